The monoisotopic (exact) mass is 496 g/mol. The molecule has 0 aromatic heterocycles. The minimum Gasteiger partial charge on any atom is -0.484 e. The number of hydrogen-bond acceptors (Lipinski definition) is 3. The quantitative estimate of drug-likeness (QED) is 0.422. The zero-order chi connectivity index (χ0) is 25.8. The first kappa shape index (κ1) is 25.1. The van der Waals surface area contributed by atoms with Crippen molar-refractivity contribution in [3.63, 3.8) is 0 Å². The predicted molar refractivity (Wildman–Crippen MR) is 145 cm³/mol. The molecule has 1 atom stereocenters. The second kappa shape index (κ2) is 11.2. The van der Waals surface area contributed by atoms with E-state index in [4.69, 9.17) is 4.74 Å². The van der Waals surface area contributed by atoms with Gasteiger partial charge in [-0.1, -0.05) is 79.1 Å². The third-order valence-electron chi connectivity index (χ3n) is 7.78. The van der Waals surface area contributed by atoms with Gasteiger partial charge in [-0.15, -0.1) is 0 Å². The highest BCUT2D eigenvalue weighted by atomic mass is 16.5. The summed E-state index contributed by atoms with van der Waals surface area (Å²) in [5.41, 5.74) is 5.74. The lowest BCUT2D eigenvalue weighted by Crippen LogP contribution is -2.43. The van der Waals surface area contributed by atoms with Crippen LogP contribution in [0.1, 0.15) is 59.5 Å². The zero-order valence-electron chi connectivity index (χ0n) is 21.9. The average molecular weight is 497 g/mol. The SMILES string of the molecule is Cc1ccc([C@H]2c3cc(OCC(=O)N(C)Cc4ccccc4)ccc3CCN2C(=O)C2CCCC2)cc1. The number of carbonyl (C=O) groups is 2. The Kier molecular flexibility index (Phi) is 7.59. The molecule has 1 aliphatic heterocycles. The van der Waals surface area contributed by atoms with Gasteiger partial charge in [-0.3, -0.25) is 9.59 Å². The van der Waals surface area contributed by atoms with Gasteiger partial charge in [0.1, 0.15) is 5.75 Å². The van der Waals surface area contributed by atoms with E-state index in [2.05, 4.69) is 42.2 Å². The number of carbonyl (C=O) groups excluding carboxylic acids is 2. The maximum absolute atomic E-state index is 13.6. The molecule has 0 bridgehead atoms. The van der Waals surface area contributed by atoms with E-state index in [0.717, 1.165) is 55.3 Å². The molecule has 5 rings (SSSR count). The smallest absolute Gasteiger partial charge is 0.260 e. The molecule has 1 heterocycles. The van der Waals surface area contributed by atoms with Crippen LogP contribution in [0.4, 0.5) is 0 Å². The van der Waals surface area contributed by atoms with E-state index in [1.165, 1.54) is 11.1 Å². The van der Waals surface area contributed by atoms with E-state index >= 15 is 0 Å². The number of nitrogens with zero attached hydrogens (tertiary/aromatic N) is 2. The van der Waals surface area contributed by atoms with E-state index in [1.807, 2.05) is 42.5 Å². The van der Waals surface area contributed by atoms with Crippen molar-refractivity contribution < 1.29 is 14.3 Å². The molecule has 0 unspecified atom stereocenters. The largest absolute Gasteiger partial charge is 0.484 e. The summed E-state index contributed by atoms with van der Waals surface area (Å²) in [7, 11) is 1.80. The summed E-state index contributed by atoms with van der Waals surface area (Å²) in [4.78, 5) is 30.2. The Balaban J connectivity index is 1.36. The summed E-state index contributed by atoms with van der Waals surface area (Å²) in [6, 6.07) is 24.4. The Bertz CT molecular complexity index is 1230. The number of aryl methyl sites for hydroxylation is 1. The van der Waals surface area contributed by atoms with Gasteiger partial charge in [0.2, 0.25) is 5.91 Å². The lowest BCUT2D eigenvalue weighted by Gasteiger charge is -2.39. The molecule has 2 aliphatic rings. The molecular weight excluding hydrogens is 460 g/mol. The van der Waals surface area contributed by atoms with Gasteiger partial charge >= 0.3 is 0 Å². The van der Waals surface area contributed by atoms with Crippen molar-refractivity contribution >= 4 is 11.8 Å². The molecule has 1 aliphatic carbocycles. The Labute approximate surface area is 220 Å². The van der Waals surface area contributed by atoms with Crippen molar-refractivity contribution in [1.82, 2.24) is 9.80 Å². The summed E-state index contributed by atoms with van der Waals surface area (Å²) in [6.07, 6.45) is 5.09. The molecular formula is C32H36N2O3. The van der Waals surface area contributed by atoms with E-state index in [0.29, 0.717) is 12.3 Å². The summed E-state index contributed by atoms with van der Waals surface area (Å²) < 4.78 is 6.00. The van der Waals surface area contributed by atoms with E-state index in [9.17, 15) is 9.59 Å². The minimum absolute atomic E-state index is 0.0258. The fourth-order valence-electron chi connectivity index (χ4n) is 5.64. The number of amides is 2. The first-order chi connectivity index (χ1) is 18.0. The van der Waals surface area contributed by atoms with Gasteiger partial charge in [-0.05, 0) is 60.6 Å². The highest BCUT2D eigenvalue weighted by Gasteiger charge is 2.36. The molecule has 2 amide bonds. The number of hydrogen-bond donors (Lipinski definition) is 0. The predicted octanol–water partition coefficient (Wildman–Crippen LogP) is 5.70. The number of likely N-dealkylation sites (N-methyl/N-ethyl adjacent to an activating group) is 1. The third-order valence-corrected chi connectivity index (χ3v) is 7.78. The molecule has 0 spiro atoms. The van der Waals surface area contributed by atoms with Crippen LogP contribution >= 0.6 is 0 Å². The first-order valence-electron chi connectivity index (χ1n) is 13.4. The van der Waals surface area contributed by atoms with Crippen LogP contribution in [-0.4, -0.2) is 41.8 Å². The topological polar surface area (TPSA) is 49.9 Å². The fraction of sp³-hybridized carbons (Fsp3) is 0.375. The average Bonchev–Trinajstić information content (AvgIpc) is 3.47. The molecule has 37 heavy (non-hydrogen) atoms. The highest BCUT2D eigenvalue weighted by molar-refractivity contribution is 5.80. The van der Waals surface area contributed by atoms with Crippen molar-refractivity contribution in [3.8, 4) is 5.75 Å². The second-order valence-electron chi connectivity index (χ2n) is 10.5. The van der Waals surface area contributed by atoms with Crippen molar-refractivity contribution in [1.29, 1.82) is 0 Å². The van der Waals surface area contributed by atoms with Gasteiger partial charge in [0, 0.05) is 26.1 Å². The maximum atomic E-state index is 13.6. The summed E-state index contributed by atoms with van der Waals surface area (Å²) in [5, 5.41) is 0. The van der Waals surface area contributed by atoms with Gasteiger partial charge in [-0.25, -0.2) is 0 Å². The Morgan fingerprint density at radius 2 is 1.70 bits per heavy atom. The van der Waals surface area contributed by atoms with Gasteiger partial charge in [0.15, 0.2) is 6.61 Å². The second-order valence-corrected chi connectivity index (χ2v) is 10.5. The number of rotatable bonds is 7. The van der Waals surface area contributed by atoms with E-state index < -0.39 is 0 Å². The molecule has 5 heteroatoms. The van der Waals surface area contributed by atoms with E-state index in [-0.39, 0.29) is 30.4 Å². The molecule has 0 saturated heterocycles. The van der Waals surface area contributed by atoms with Crippen LogP contribution in [0.2, 0.25) is 0 Å². The molecule has 3 aromatic rings. The van der Waals surface area contributed by atoms with Crippen LogP contribution < -0.4 is 4.74 Å². The maximum Gasteiger partial charge on any atom is 0.260 e. The Morgan fingerprint density at radius 1 is 0.973 bits per heavy atom. The standard InChI is InChI=1S/C32H36N2O3/c1-23-12-14-26(15-13-23)31-29-20-28(37-22-30(35)33(2)21-24-8-4-3-5-9-24)17-16-25(29)18-19-34(31)32(36)27-10-6-7-11-27/h3-5,8-9,12-17,20,27,31H,6-7,10-11,18-19,21-22H2,1-2H3/t31-/m0/s1. The molecule has 0 N–H and O–H groups in total. The van der Waals surface area contributed by atoms with Crippen LogP contribution in [-0.2, 0) is 22.6 Å². The van der Waals surface area contributed by atoms with Gasteiger partial charge < -0.3 is 14.5 Å². The fourth-order valence-corrected chi connectivity index (χ4v) is 5.64. The molecule has 5 nitrogen and oxygen atoms in total. The van der Waals surface area contributed by atoms with Gasteiger partial charge in [0.25, 0.3) is 5.91 Å². The van der Waals surface area contributed by atoms with Crippen LogP contribution in [0.5, 0.6) is 5.75 Å². The van der Waals surface area contributed by atoms with Crippen molar-refractivity contribution in [2.45, 2.75) is 51.6 Å². The lowest BCUT2D eigenvalue weighted by molar-refractivity contribution is -0.137. The Hall–Kier alpha value is -3.60. The van der Waals surface area contributed by atoms with Crippen molar-refractivity contribution in [2.24, 2.45) is 5.92 Å². The van der Waals surface area contributed by atoms with Crippen molar-refractivity contribution in [2.75, 3.05) is 20.2 Å². The normalized spacial score (nSPS) is 17.4. The number of fused-ring (bicyclic) bond motifs is 1. The molecule has 0 radical (unpaired) electrons. The van der Waals surface area contributed by atoms with E-state index in [1.54, 1.807) is 11.9 Å². The molecule has 1 fully saturated rings. The minimum atomic E-state index is -0.141. The zero-order valence-corrected chi connectivity index (χ0v) is 21.9. The first-order valence-corrected chi connectivity index (χ1v) is 13.4. The lowest BCUT2D eigenvalue weighted by atomic mass is 9.86. The molecule has 1 saturated carbocycles. The van der Waals surface area contributed by atoms with Crippen LogP contribution in [0, 0.1) is 12.8 Å². The summed E-state index contributed by atoms with van der Waals surface area (Å²) >= 11 is 0. The molecule has 192 valence electrons. The highest BCUT2D eigenvalue weighted by Crippen LogP contribution is 2.39. The summed E-state index contributed by atoms with van der Waals surface area (Å²) in [6.45, 7) is 3.32. The van der Waals surface area contributed by atoms with Crippen LogP contribution in [0.25, 0.3) is 0 Å². The summed E-state index contributed by atoms with van der Waals surface area (Å²) in [5.74, 6) is 0.992. The van der Waals surface area contributed by atoms with Crippen LogP contribution in [0.15, 0.2) is 72.8 Å². The van der Waals surface area contributed by atoms with Crippen molar-refractivity contribution in [3.05, 3.63) is 101 Å². The number of benzene rings is 3. The van der Waals surface area contributed by atoms with Crippen LogP contribution in [0.3, 0.4) is 0 Å². The molecule has 3 aromatic carbocycles. The van der Waals surface area contributed by atoms with Gasteiger partial charge in [-0.2, -0.15) is 0 Å². The number of ether oxygens (including phenoxy) is 1. The third kappa shape index (κ3) is 5.71. The Morgan fingerprint density at radius 3 is 2.43 bits per heavy atom. The van der Waals surface area contributed by atoms with Gasteiger partial charge in [0.05, 0.1) is 6.04 Å².